The van der Waals surface area contributed by atoms with Crippen LogP contribution in [-0.2, 0) is 6.54 Å². The summed E-state index contributed by atoms with van der Waals surface area (Å²) in [4.78, 5) is 18.4. The third-order valence-corrected chi connectivity index (χ3v) is 6.20. The van der Waals surface area contributed by atoms with Crippen LogP contribution in [0.1, 0.15) is 37.4 Å². The lowest BCUT2D eigenvalue weighted by Crippen LogP contribution is -2.36. The summed E-state index contributed by atoms with van der Waals surface area (Å²) < 4.78 is 1.98. The lowest BCUT2D eigenvalue weighted by atomic mass is 9.99. The lowest BCUT2D eigenvalue weighted by Gasteiger charge is -2.25. The molecule has 1 aliphatic heterocycles. The van der Waals surface area contributed by atoms with Crippen molar-refractivity contribution in [3.8, 4) is 11.1 Å². The molecule has 4 nitrogen and oxygen atoms in total. The molecule has 144 valence electrons. The van der Waals surface area contributed by atoms with E-state index in [-0.39, 0.29) is 5.56 Å². The van der Waals surface area contributed by atoms with Crippen molar-refractivity contribution >= 4 is 22.5 Å². The molecule has 1 aromatic heterocycles. The number of nitrogens with one attached hydrogen (secondary N) is 1. The number of nitrogens with zero attached hydrogens (tertiary/aromatic N) is 2. The van der Waals surface area contributed by atoms with Gasteiger partial charge >= 0.3 is 0 Å². The van der Waals surface area contributed by atoms with Crippen molar-refractivity contribution in [2.75, 3.05) is 13.1 Å². The molecule has 1 saturated carbocycles. The van der Waals surface area contributed by atoms with Crippen LogP contribution in [-0.4, -0.2) is 22.6 Å². The molecule has 28 heavy (non-hydrogen) atoms. The molecule has 0 amide bonds. The molecule has 0 bridgehead atoms. The maximum absolute atomic E-state index is 13.5. The Morgan fingerprint density at radius 1 is 1.07 bits per heavy atom. The van der Waals surface area contributed by atoms with Gasteiger partial charge in [0.25, 0.3) is 5.56 Å². The molecule has 0 radical (unpaired) electrons. The molecule has 5 heteroatoms. The second-order valence-electron chi connectivity index (χ2n) is 8.11. The van der Waals surface area contributed by atoms with E-state index in [1.807, 2.05) is 47.0 Å². The maximum atomic E-state index is 13.5. The molecule has 1 atom stereocenters. The molecule has 5 rings (SSSR count). The van der Waals surface area contributed by atoms with Crippen LogP contribution in [0.5, 0.6) is 0 Å². The van der Waals surface area contributed by atoms with Gasteiger partial charge in [0.05, 0.1) is 10.9 Å². The van der Waals surface area contributed by atoms with E-state index in [0.717, 1.165) is 54.9 Å². The number of fused-ring (bicyclic) bond motifs is 1. The second kappa shape index (κ2) is 7.34. The fourth-order valence-corrected chi connectivity index (χ4v) is 4.35. The third-order valence-electron chi connectivity index (χ3n) is 5.94. The minimum absolute atomic E-state index is 0.105. The van der Waals surface area contributed by atoms with E-state index in [4.69, 9.17) is 16.6 Å². The van der Waals surface area contributed by atoms with E-state index in [2.05, 4.69) is 5.32 Å². The monoisotopic (exact) mass is 393 g/mol. The van der Waals surface area contributed by atoms with Crippen LogP contribution in [0.15, 0.2) is 47.3 Å². The molecule has 2 aromatic carbocycles. The first kappa shape index (κ1) is 17.9. The molecule has 2 fully saturated rings. The number of benzene rings is 2. The summed E-state index contributed by atoms with van der Waals surface area (Å²) in [5.41, 5.74) is 2.99. The van der Waals surface area contributed by atoms with E-state index >= 15 is 0 Å². The molecule has 2 heterocycles. The first-order valence-electron chi connectivity index (χ1n) is 10.2. The zero-order chi connectivity index (χ0) is 19.1. The number of hydrogen-bond acceptors (Lipinski definition) is 3. The van der Waals surface area contributed by atoms with Gasteiger partial charge in [-0.25, -0.2) is 4.98 Å². The van der Waals surface area contributed by atoms with Gasteiger partial charge in [0.2, 0.25) is 0 Å². The smallest absolute Gasteiger partial charge is 0.261 e. The fourth-order valence-electron chi connectivity index (χ4n) is 4.23. The number of piperidine rings is 1. The molecule has 1 saturated heterocycles. The second-order valence-corrected chi connectivity index (χ2v) is 8.55. The highest BCUT2D eigenvalue weighted by Gasteiger charge is 2.30. The highest BCUT2D eigenvalue weighted by atomic mass is 35.5. The van der Waals surface area contributed by atoms with Gasteiger partial charge in [-0.15, -0.1) is 0 Å². The Balaban J connectivity index is 1.60. The molecule has 1 aliphatic carbocycles. The van der Waals surface area contributed by atoms with Crippen LogP contribution in [0.25, 0.3) is 22.0 Å². The lowest BCUT2D eigenvalue weighted by molar-refractivity contribution is 0.329. The molecule has 0 spiro atoms. The van der Waals surface area contributed by atoms with Gasteiger partial charge in [0, 0.05) is 17.5 Å². The van der Waals surface area contributed by atoms with Gasteiger partial charge in [-0.2, -0.15) is 0 Å². The average molecular weight is 394 g/mol. The first-order valence-corrected chi connectivity index (χ1v) is 10.6. The van der Waals surface area contributed by atoms with Crippen LogP contribution >= 0.6 is 11.6 Å². The maximum Gasteiger partial charge on any atom is 0.261 e. The van der Waals surface area contributed by atoms with Gasteiger partial charge in [-0.05, 0) is 80.1 Å². The number of aromatic nitrogens is 2. The van der Waals surface area contributed by atoms with E-state index in [1.54, 1.807) is 0 Å². The molecule has 1 N–H and O–H groups in total. The topological polar surface area (TPSA) is 46.9 Å². The summed E-state index contributed by atoms with van der Waals surface area (Å²) >= 11 is 6.02. The van der Waals surface area contributed by atoms with E-state index < -0.39 is 0 Å². The normalized spacial score (nSPS) is 19.8. The van der Waals surface area contributed by atoms with Crippen molar-refractivity contribution in [2.24, 2.45) is 5.92 Å². The van der Waals surface area contributed by atoms with Crippen molar-refractivity contribution in [1.82, 2.24) is 14.9 Å². The highest BCUT2D eigenvalue weighted by Crippen LogP contribution is 2.39. The summed E-state index contributed by atoms with van der Waals surface area (Å²) in [6, 6.07) is 13.8. The zero-order valence-electron chi connectivity index (χ0n) is 15.8. The predicted octanol–water partition coefficient (Wildman–Crippen LogP) is 4.59. The number of halogens is 1. The van der Waals surface area contributed by atoms with E-state index in [9.17, 15) is 4.79 Å². The third kappa shape index (κ3) is 3.47. The van der Waals surface area contributed by atoms with Gasteiger partial charge in [-0.3, -0.25) is 9.36 Å². The molecular formula is C23H24ClN3O. The summed E-state index contributed by atoms with van der Waals surface area (Å²) in [6.45, 7) is 2.84. The zero-order valence-corrected chi connectivity index (χ0v) is 16.6. The Morgan fingerprint density at radius 3 is 2.57 bits per heavy atom. The van der Waals surface area contributed by atoms with Crippen LogP contribution < -0.4 is 10.9 Å². The van der Waals surface area contributed by atoms with Crippen LogP contribution in [0.2, 0.25) is 5.02 Å². The SMILES string of the molecule is O=c1c2cc(-c3ccc(Cl)cc3)ccc2nc(C2CC2)n1CC1CCCNC1. The Labute approximate surface area is 169 Å². The van der Waals surface area contributed by atoms with Crippen molar-refractivity contribution in [3.05, 3.63) is 63.7 Å². The summed E-state index contributed by atoms with van der Waals surface area (Å²) in [6.07, 6.45) is 4.64. The summed E-state index contributed by atoms with van der Waals surface area (Å²) in [7, 11) is 0. The van der Waals surface area contributed by atoms with Crippen LogP contribution in [0, 0.1) is 5.92 Å². The van der Waals surface area contributed by atoms with E-state index in [0.29, 0.717) is 22.2 Å². The number of hydrogen-bond donors (Lipinski definition) is 1. The first-order chi connectivity index (χ1) is 13.7. The summed E-state index contributed by atoms with van der Waals surface area (Å²) in [5.74, 6) is 1.94. The predicted molar refractivity (Wildman–Crippen MR) is 114 cm³/mol. The quantitative estimate of drug-likeness (QED) is 0.705. The van der Waals surface area contributed by atoms with Crippen LogP contribution in [0.3, 0.4) is 0 Å². The minimum atomic E-state index is 0.105. The number of rotatable bonds is 4. The fraction of sp³-hybridized carbons (Fsp3) is 0.391. The molecule has 2 aliphatic rings. The van der Waals surface area contributed by atoms with Crippen LogP contribution in [0.4, 0.5) is 0 Å². The Morgan fingerprint density at radius 2 is 1.86 bits per heavy atom. The standard InChI is InChI=1S/C23H24ClN3O/c24-19-8-5-16(6-9-19)18-7-10-21-20(12-18)23(28)27(22(26-21)17-3-4-17)14-15-2-1-11-25-13-15/h5-10,12,15,17,25H,1-4,11,13-14H2. The average Bonchev–Trinajstić information content (AvgIpc) is 3.56. The van der Waals surface area contributed by atoms with Crippen molar-refractivity contribution in [2.45, 2.75) is 38.1 Å². The van der Waals surface area contributed by atoms with Crippen molar-refractivity contribution in [1.29, 1.82) is 0 Å². The summed E-state index contributed by atoms with van der Waals surface area (Å²) in [5, 5.41) is 4.89. The minimum Gasteiger partial charge on any atom is -0.316 e. The van der Waals surface area contributed by atoms with Gasteiger partial charge < -0.3 is 5.32 Å². The van der Waals surface area contributed by atoms with Gasteiger partial charge in [0.1, 0.15) is 5.82 Å². The Bertz CT molecular complexity index is 1060. The molecule has 3 aromatic rings. The Kier molecular flexibility index (Phi) is 4.69. The Hall–Kier alpha value is -2.17. The molecule has 1 unspecified atom stereocenters. The van der Waals surface area contributed by atoms with Crippen molar-refractivity contribution in [3.63, 3.8) is 0 Å². The largest absolute Gasteiger partial charge is 0.316 e. The highest BCUT2D eigenvalue weighted by molar-refractivity contribution is 6.30. The van der Waals surface area contributed by atoms with Crippen molar-refractivity contribution < 1.29 is 0 Å². The van der Waals surface area contributed by atoms with E-state index in [1.165, 1.54) is 12.8 Å². The molecular weight excluding hydrogens is 370 g/mol. The van der Waals surface area contributed by atoms with Gasteiger partial charge in [-0.1, -0.05) is 29.8 Å². The van der Waals surface area contributed by atoms with Gasteiger partial charge in [0.15, 0.2) is 0 Å².